The summed E-state index contributed by atoms with van der Waals surface area (Å²) in [6, 6.07) is 19.2. The van der Waals surface area contributed by atoms with Gasteiger partial charge in [0.2, 0.25) is 5.88 Å². The number of nitrogens with zero attached hydrogens (tertiary/aromatic N) is 1. The number of benzene rings is 3. The molecule has 0 radical (unpaired) electrons. The first-order valence-corrected chi connectivity index (χ1v) is 10.9. The number of carbonyl (C=O) groups is 1. The van der Waals surface area contributed by atoms with Crippen molar-refractivity contribution in [2.24, 2.45) is 0 Å². The Labute approximate surface area is 208 Å². The van der Waals surface area contributed by atoms with Gasteiger partial charge < -0.3 is 14.8 Å². The first kappa shape index (κ1) is 25.0. The fourth-order valence-electron chi connectivity index (χ4n) is 3.22. The van der Waals surface area contributed by atoms with Crippen LogP contribution in [0.15, 0.2) is 85.1 Å². The van der Waals surface area contributed by atoms with Crippen molar-refractivity contribution in [1.82, 2.24) is 10.3 Å². The third-order valence-electron chi connectivity index (χ3n) is 4.93. The summed E-state index contributed by atoms with van der Waals surface area (Å²) < 4.78 is 59.6. The molecular weight excluding hydrogens is 500 g/mol. The van der Waals surface area contributed by atoms with Gasteiger partial charge in [0.1, 0.15) is 17.3 Å². The van der Waals surface area contributed by atoms with Gasteiger partial charge in [-0.2, -0.15) is 0 Å². The molecule has 184 valence electrons. The lowest BCUT2D eigenvalue weighted by atomic mass is 10.0. The lowest BCUT2D eigenvalue weighted by Crippen LogP contribution is -2.23. The zero-order chi connectivity index (χ0) is 25.7. The molecule has 0 saturated heterocycles. The number of aromatic nitrogens is 1. The monoisotopic (exact) mass is 516 g/mol. The lowest BCUT2D eigenvalue weighted by molar-refractivity contribution is -0.274. The highest BCUT2D eigenvalue weighted by atomic mass is 35.5. The molecule has 0 saturated carbocycles. The Bertz CT molecular complexity index is 1360. The van der Waals surface area contributed by atoms with Crippen LogP contribution in [0.3, 0.4) is 0 Å². The van der Waals surface area contributed by atoms with Crippen LogP contribution in [0, 0.1) is 5.82 Å². The molecular formula is C26H17ClF4N2O3. The topological polar surface area (TPSA) is 60.5 Å². The van der Waals surface area contributed by atoms with Crippen LogP contribution >= 0.6 is 11.6 Å². The Morgan fingerprint density at radius 2 is 1.64 bits per heavy atom. The number of ether oxygens (including phenoxy) is 2. The summed E-state index contributed by atoms with van der Waals surface area (Å²) in [6.07, 6.45) is -3.54. The minimum absolute atomic E-state index is 0.0788. The van der Waals surface area contributed by atoms with Gasteiger partial charge in [-0.1, -0.05) is 41.9 Å². The molecule has 10 heteroatoms. The van der Waals surface area contributed by atoms with Crippen LogP contribution < -0.4 is 14.8 Å². The average molecular weight is 517 g/mol. The van der Waals surface area contributed by atoms with E-state index in [1.807, 2.05) is 6.07 Å². The van der Waals surface area contributed by atoms with Crippen molar-refractivity contribution in [1.29, 1.82) is 0 Å². The Morgan fingerprint density at radius 1 is 0.917 bits per heavy atom. The molecule has 3 aromatic carbocycles. The minimum Gasteiger partial charge on any atom is -0.439 e. The van der Waals surface area contributed by atoms with Gasteiger partial charge in [-0.25, -0.2) is 9.37 Å². The van der Waals surface area contributed by atoms with Crippen LogP contribution in [0.4, 0.5) is 17.6 Å². The number of rotatable bonds is 7. The zero-order valence-corrected chi connectivity index (χ0v) is 19.1. The van der Waals surface area contributed by atoms with Crippen LogP contribution in [0.1, 0.15) is 15.9 Å². The summed E-state index contributed by atoms with van der Waals surface area (Å²) in [5.74, 6) is -1.01. The Hall–Kier alpha value is -4.11. The highest BCUT2D eigenvalue weighted by Crippen LogP contribution is 2.29. The summed E-state index contributed by atoms with van der Waals surface area (Å²) in [5, 5.41) is 3.18. The number of nitrogens with one attached hydrogen (secondary N) is 1. The summed E-state index contributed by atoms with van der Waals surface area (Å²) in [5.41, 5.74) is 2.55. The summed E-state index contributed by atoms with van der Waals surface area (Å²) >= 11 is 6.36. The number of hydrogen-bond donors (Lipinski definition) is 1. The number of hydrogen-bond acceptors (Lipinski definition) is 4. The zero-order valence-electron chi connectivity index (χ0n) is 18.4. The van der Waals surface area contributed by atoms with Crippen molar-refractivity contribution in [3.8, 4) is 28.5 Å². The second-order valence-corrected chi connectivity index (χ2v) is 7.91. The van der Waals surface area contributed by atoms with Crippen molar-refractivity contribution in [2.75, 3.05) is 0 Å². The van der Waals surface area contributed by atoms with Crippen molar-refractivity contribution < 1.29 is 31.8 Å². The highest BCUT2D eigenvalue weighted by molar-refractivity contribution is 6.31. The molecule has 0 atom stereocenters. The predicted molar refractivity (Wildman–Crippen MR) is 125 cm³/mol. The molecule has 0 aliphatic heterocycles. The third kappa shape index (κ3) is 6.73. The van der Waals surface area contributed by atoms with Gasteiger partial charge in [0.05, 0.1) is 5.56 Å². The lowest BCUT2D eigenvalue weighted by Gasteiger charge is -2.11. The molecule has 1 N–H and O–H groups in total. The van der Waals surface area contributed by atoms with Crippen LogP contribution in [0.2, 0.25) is 5.02 Å². The van der Waals surface area contributed by atoms with Crippen LogP contribution in [-0.4, -0.2) is 17.3 Å². The van der Waals surface area contributed by atoms with E-state index in [1.54, 1.807) is 24.3 Å². The first-order valence-electron chi connectivity index (χ1n) is 10.5. The summed E-state index contributed by atoms with van der Waals surface area (Å²) in [4.78, 5) is 16.5. The second-order valence-electron chi connectivity index (χ2n) is 7.51. The average Bonchev–Trinajstić information content (AvgIpc) is 2.83. The van der Waals surface area contributed by atoms with Gasteiger partial charge in [0.25, 0.3) is 5.91 Å². The molecule has 0 fully saturated rings. The van der Waals surface area contributed by atoms with Crippen molar-refractivity contribution >= 4 is 17.5 Å². The highest BCUT2D eigenvalue weighted by Gasteiger charge is 2.31. The largest absolute Gasteiger partial charge is 0.573 e. The molecule has 1 heterocycles. The van der Waals surface area contributed by atoms with E-state index >= 15 is 0 Å². The maximum atomic E-state index is 13.1. The molecule has 4 rings (SSSR count). The van der Waals surface area contributed by atoms with Gasteiger partial charge in [0, 0.05) is 29.9 Å². The van der Waals surface area contributed by atoms with Crippen LogP contribution in [0.5, 0.6) is 17.4 Å². The van der Waals surface area contributed by atoms with E-state index in [2.05, 4.69) is 15.0 Å². The minimum atomic E-state index is -4.82. The van der Waals surface area contributed by atoms with E-state index in [9.17, 15) is 22.4 Å². The Morgan fingerprint density at radius 3 is 2.31 bits per heavy atom. The second kappa shape index (κ2) is 10.7. The number of pyridine rings is 1. The number of halogens is 5. The standard InChI is InChI=1S/C26H17ClF4N2O3/c27-23-12-17(16-6-9-20(28)10-7-16)4-5-18(23)14-33-25(34)19-8-11-24(32-15-19)35-21-2-1-3-22(13-21)36-26(29,30)31/h1-13,15H,14H2,(H,33,34). The summed E-state index contributed by atoms with van der Waals surface area (Å²) in [6.45, 7) is 0.158. The van der Waals surface area contributed by atoms with E-state index in [4.69, 9.17) is 16.3 Å². The van der Waals surface area contributed by atoms with E-state index in [0.717, 1.165) is 23.3 Å². The molecule has 0 aliphatic rings. The molecule has 4 aromatic rings. The number of amides is 1. The molecule has 36 heavy (non-hydrogen) atoms. The van der Waals surface area contributed by atoms with Crippen molar-refractivity contribution in [3.63, 3.8) is 0 Å². The van der Waals surface area contributed by atoms with E-state index in [0.29, 0.717) is 10.6 Å². The fourth-order valence-corrected chi connectivity index (χ4v) is 3.47. The van der Waals surface area contributed by atoms with E-state index < -0.39 is 18.0 Å². The van der Waals surface area contributed by atoms with Gasteiger partial charge in [-0.15, -0.1) is 13.2 Å². The van der Waals surface area contributed by atoms with Gasteiger partial charge in [0.15, 0.2) is 0 Å². The van der Waals surface area contributed by atoms with E-state index in [1.165, 1.54) is 42.6 Å². The normalized spacial score (nSPS) is 11.1. The first-order chi connectivity index (χ1) is 17.2. The molecule has 0 aliphatic carbocycles. The van der Waals surface area contributed by atoms with Gasteiger partial charge in [-0.05, 0) is 53.1 Å². The fraction of sp³-hybridized carbons (Fsp3) is 0.0769. The van der Waals surface area contributed by atoms with E-state index in [-0.39, 0.29) is 29.6 Å². The maximum absolute atomic E-state index is 13.1. The van der Waals surface area contributed by atoms with Crippen LogP contribution in [-0.2, 0) is 6.54 Å². The smallest absolute Gasteiger partial charge is 0.439 e. The van der Waals surface area contributed by atoms with Crippen LogP contribution in [0.25, 0.3) is 11.1 Å². The number of alkyl halides is 3. The Balaban J connectivity index is 1.35. The quantitative estimate of drug-likeness (QED) is 0.265. The van der Waals surface area contributed by atoms with Gasteiger partial charge >= 0.3 is 6.36 Å². The maximum Gasteiger partial charge on any atom is 0.573 e. The third-order valence-corrected chi connectivity index (χ3v) is 5.28. The number of carbonyl (C=O) groups excluding carboxylic acids is 1. The van der Waals surface area contributed by atoms with Crippen molar-refractivity contribution in [2.45, 2.75) is 12.9 Å². The Kier molecular flexibility index (Phi) is 7.40. The molecule has 1 amide bonds. The molecule has 0 bridgehead atoms. The van der Waals surface area contributed by atoms with Crippen molar-refractivity contribution in [3.05, 3.63) is 107 Å². The molecule has 1 aromatic heterocycles. The van der Waals surface area contributed by atoms with Gasteiger partial charge in [-0.3, -0.25) is 4.79 Å². The predicted octanol–water partition coefficient (Wildman–Crippen LogP) is 7.16. The summed E-state index contributed by atoms with van der Waals surface area (Å²) in [7, 11) is 0. The SMILES string of the molecule is O=C(NCc1ccc(-c2ccc(F)cc2)cc1Cl)c1ccc(Oc2cccc(OC(F)(F)F)c2)nc1. The molecule has 5 nitrogen and oxygen atoms in total. The molecule has 0 spiro atoms. The molecule has 0 unspecified atom stereocenters.